The first-order valence-electron chi connectivity index (χ1n) is 4.48. The summed E-state index contributed by atoms with van der Waals surface area (Å²) in [5.41, 5.74) is 5.48. The average Bonchev–Trinajstić information content (AvgIpc) is 2.16. The molecule has 2 rings (SSSR count). The van der Waals surface area contributed by atoms with Crippen LogP contribution in [0, 0.1) is 20.8 Å². The van der Waals surface area contributed by atoms with Gasteiger partial charge in [-0.25, -0.2) is 4.98 Å². The SMILES string of the molecule is Cc1cc2ncc(Cl)nc2c(C)c1C. The number of fused-ring (bicyclic) bond motifs is 1. The Balaban J connectivity index is 2.92. The monoisotopic (exact) mass is 206 g/mol. The fourth-order valence-corrected chi connectivity index (χ4v) is 1.68. The summed E-state index contributed by atoms with van der Waals surface area (Å²) in [6.07, 6.45) is 1.58. The summed E-state index contributed by atoms with van der Waals surface area (Å²) >= 11 is 5.81. The largest absolute Gasteiger partial charge is 0.251 e. The molecule has 14 heavy (non-hydrogen) atoms. The first-order valence-corrected chi connectivity index (χ1v) is 4.86. The van der Waals surface area contributed by atoms with E-state index in [-0.39, 0.29) is 0 Å². The van der Waals surface area contributed by atoms with Gasteiger partial charge in [0, 0.05) is 0 Å². The van der Waals surface area contributed by atoms with Gasteiger partial charge in [-0.05, 0) is 43.5 Å². The van der Waals surface area contributed by atoms with Gasteiger partial charge in [-0.3, -0.25) is 4.98 Å². The van der Waals surface area contributed by atoms with E-state index in [0.717, 1.165) is 16.6 Å². The summed E-state index contributed by atoms with van der Waals surface area (Å²) in [4.78, 5) is 8.53. The zero-order valence-corrected chi connectivity index (χ0v) is 9.18. The summed E-state index contributed by atoms with van der Waals surface area (Å²) in [7, 11) is 0. The second-order valence-corrected chi connectivity index (χ2v) is 3.89. The molecule has 72 valence electrons. The highest BCUT2D eigenvalue weighted by Crippen LogP contribution is 2.22. The van der Waals surface area contributed by atoms with Crippen molar-refractivity contribution in [3.8, 4) is 0 Å². The number of hydrogen-bond acceptors (Lipinski definition) is 2. The van der Waals surface area contributed by atoms with Gasteiger partial charge in [0.25, 0.3) is 0 Å². The van der Waals surface area contributed by atoms with E-state index < -0.39 is 0 Å². The number of aromatic nitrogens is 2. The molecular weight excluding hydrogens is 196 g/mol. The number of hydrogen-bond donors (Lipinski definition) is 0. The number of nitrogens with zero attached hydrogens (tertiary/aromatic N) is 2. The van der Waals surface area contributed by atoms with E-state index in [0.29, 0.717) is 5.15 Å². The van der Waals surface area contributed by atoms with Gasteiger partial charge in [0.15, 0.2) is 0 Å². The van der Waals surface area contributed by atoms with Gasteiger partial charge in [-0.2, -0.15) is 0 Å². The van der Waals surface area contributed by atoms with E-state index in [2.05, 4.69) is 30.7 Å². The minimum atomic E-state index is 0.448. The van der Waals surface area contributed by atoms with Crippen molar-refractivity contribution in [2.24, 2.45) is 0 Å². The molecule has 1 heterocycles. The lowest BCUT2D eigenvalue weighted by Gasteiger charge is -2.07. The lowest BCUT2D eigenvalue weighted by Crippen LogP contribution is -1.93. The quantitative estimate of drug-likeness (QED) is 0.662. The molecule has 0 aliphatic heterocycles. The molecule has 2 aromatic rings. The van der Waals surface area contributed by atoms with Crippen molar-refractivity contribution in [3.63, 3.8) is 0 Å². The molecular formula is C11H11ClN2. The topological polar surface area (TPSA) is 25.8 Å². The molecule has 0 fully saturated rings. The summed E-state index contributed by atoms with van der Waals surface area (Å²) in [5, 5.41) is 0.448. The van der Waals surface area contributed by atoms with Crippen molar-refractivity contribution >= 4 is 22.6 Å². The van der Waals surface area contributed by atoms with Gasteiger partial charge < -0.3 is 0 Å². The predicted molar refractivity (Wildman–Crippen MR) is 58.8 cm³/mol. The molecule has 0 saturated carbocycles. The van der Waals surface area contributed by atoms with Gasteiger partial charge in [0.2, 0.25) is 0 Å². The van der Waals surface area contributed by atoms with Gasteiger partial charge >= 0.3 is 0 Å². The lowest BCUT2D eigenvalue weighted by atomic mass is 10.0. The molecule has 0 spiro atoms. The summed E-state index contributed by atoms with van der Waals surface area (Å²) in [6, 6.07) is 2.04. The van der Waals surface area contributed by atoms with E-state index >= 15 is 0 Å². The van der Waals surface area contributed by atoms with Crippen LogP contribution < -0.4 is 0 Å². The Bertz CT molecular complexity index is 506. The Labute approximate surface area is 88.0 Å². The van der Waals surface area contributed by atoms with Crippen molar-refractivity contribution in [3.05, 3.63) is 34.1 Å². The summed E-state index contributed by atoms with van der Waals surface area (Å²) in [5.74, 6) is 0. The van der Waals surface area contributed by atoms with Crippen molar-refractivity contribution in [1.82, 2.24) is 9.97 Å². The molecule has 1 aromatic carbocycles. The summed E-state index contributed by atoms with van der Waals surface area (Å²) < 4.78 is 0. The molecule has 1 aromatic heterocycles. The van der Waals surface area contributed by atoms with Gasteiger partial charge in [0.05, 0.1) is 17.2 Å². The predicted octanol–water partition coefficient (Wildman–Crippen LogP) is 3.21. The molecule has 0 bridgehead atoms. The van der Waals surface area contributed by atoms with Crippen LogP contribution in [0.5, 0.6) is 0 Å². The van der Waals surface area contributed by atoms with Crippen LogP contribution in [-0.4, -0.2) is 9.97 Å². The first-order chi connectivity index (χ1) is 6.59. The number of halogens is 1. The fourth-order valence-electron chi connectivity index (χ4n) is 1.55. The van der Waals surface area contributed by atoms with Crippen molar-refractivity contribution in [2.45, 2.75) is 20.8 Å². The minimum Gasteiger partial charge on any atom is -0.251 e. The van der Waals surface area contributed by atoms with Crippen LogP contribution in [0.2, 0.25) is 5.15 Å². The normalized spacial score (nSPS) is 10.9. The molecule has 2 nitrogen and oxygen atoms in total. The number of aryl methyl sites for hydroxylation is 2. The highest BCUT2D eigenvalue weighted by molar-refractivity contribution is 6.29. The average molecular weight is 207 g/mol. The molecule has 0 N–H and O–H groups in total. The fraction of sp³-hybridized carbons (Fsp3) is 0.273. The maximum atomic E-state index is 5.81. The maximum Gasteiger partial charge on any atom is 0.148 e. The zero-order chi connectivity index (χ0) is 10.3. The summed E-state index contributed by atoms with van der Waals surface area (Å²) in [6.45, 7) is 6.22. The molecule has 0 aliphatic carbocycles. The Hall–Kier alpha value is -1.15. The van der Waals surface area contributed by atoms with Crippen LogP contribution in [0.4, 0.5) is 0 Å². The van der Waals surface area contributed by atoms with Crippen molar-refractivity contribution in [2.75, 3.05) is 0 Å². The van der Waals surface area contributed by atoms with Crippen LogP contribution in [0.1, 0.15) is 16.7 Å². The third-order valence-electron chi connectivity index (χ3n) is 2.63. The van der Waals surface area contributed by atoms with E-state index in [1.165, 1.54) is 11.1 Å². The van der Waals surface area contributed by atoms with Crippen LogP contribution in [0.15, 0.2) is 12.3 Å². The third-order valence-corrected chi connectivity index (χ3v) is 2.82. The van der Waals surface area contributed by atoms with E-state index in [9.17, 15) is 0 Å². The minimum absolute atomic E-state index is 0.448. The maximum absolute atomic E-state index is 5.81. The Morgan fingerprint density at radius 3 is 2.57 bits per heavy atom. The second-order valence-electron chi connectivity index (χ2n) is 3.50. The van der Waals surface area contributed by atoms with Crippen LogP contribution >= 0.6 is 11.6 Å². The van der Waals surface area contributed by atoms with E-state index in [1.807, 2.05) is 6.07 Å². The molecule has 0 saturated heterocycles. The molecule has 3 heteroatoms. The van der Waals surface area contributed by atoms with Gasteiger partial charge in [-0.1, -0.05) is 11.6 Å². The van der Waals surface area contributed by atoms with E-state index in [1.54, 1.807) is 6.20 Å². The van der Waals surface area contributed by atoms with Crippen molar-refractivity contribution < 1.29 is 0 Å². The zero-order valence-electron chi connectivity index (χ0n) is 8.43. The molecule has 0 radical (unpaired) electrons. The number of benzene rings is 1. The molecule has 0 aliphatic rings. The highest BCUT2D eigenvalue weighted by atomic mass is 35.5. The first kappa shape index (κ1) is 9.41. The molecule has 0 unspecified atom stereocenters. The molecule has 0 atom stereocenters. The highest BCUT2D eigenvalue weighted by Gasteiger charge is 2.06. The Morgan fingerprint density at radius 1 is 1.14 bits per heavy atom. The van der Waals surface area contributed by atoms with Crippen LogP contribution in [0.25, 0.3) is 11.0 Å². The van der Waals surface area contributed by atoms with E-state index in [4.69, 9.17) is 11.6 Å². The Kier molecular flexibility index (Phi) is 2.16. The van der Waals surface area contributed by atoms with Gasteiger partial charge in [0.1, 0.15) is 5.15 Å². The van der Waals surface area contributed by atoms with Crippen LogP contribution in [0.3, 0.4) is 0 Å². The number of rotatable bonds is 0. The standard InChI is InChI=1S/C11H11ClN2/c1-6-4-9-11(8(3)7(6)2)14-10(12)5-13-9/h4-5H,1-3H3. The second kappa shape index (κ2) is 3.21. The Morgan fingerprint density at radius 2 is 1.86 bits per heavy atom. The van der Waals surface area contributed by atoms with Crippen LogP contribution in [-0.2, 0) is 0 Å². The lowest BCUT2D eigenvalue weighted by molar-refractivity contribution is 1.22. The van der Waals surface area contributed by atoms with Crippen molar-refractivity contribution in [1.29, 1.82) is 0 Å². The third kappa shape index (κ3) is 1.36. The van der Waals surface area contributed by atoms with Gasteiger partial charge in [-0.15, -0.1) is 0 Å². The molecule has 0 amide bonds. The smallest absolute Gasteiger partial charge is 0.148 e.